The molecule has 1 N–H and O–H groups in total. The third-order valence-electron chi connectivity index (χ3n) is 4.84. The highest BCUT2D eigenvalue weighted by atomic mass is 35.5. The first-order chi connectivity index (χ1) is 12.3. The summed E-state index contributed by atoms with van der Waals surface area (Å²) in [6, 6.07) is 9.42. The van der Waals surface area contributed by atoms with Crippen molar-refractivity contribution in [2.24, 2.45) is 0 Å². The lowest BCUT2D eigenvalue weighted by Gasteiger charge is -2.37. The van der Waals surface area contributed by atoms with Crippen molar-refractivity contribution >= 4 is 24.0 Å². The summed E-state index contributed by atoms with van der Waals surface area (Å²) in [7, 11) is 2.09. The first kappa shape index (κ1) is 20.9. The van der Waals surface area contributed by atoms with Crippen molar-refractivity contribution in [2.45, 2.75) is 39.2 Å². The Morgan fingerprint density at radius 2 is 2.11 bits per heavy atom. The van der Waals surface area contributed by atoms with Crippen LogP contribution in [0.4, 0.5) is 5.69 Å². The van der Waals surface area contributed by atoms with E-state index in [0.717, 1.165) is 36.3 Å². The molecular weight excluding hydrogens is 360 g/mol. The molecular formula is C21H25ClN4O. The lowest BCUT2D eigenvalue weighted by atomic mass is 9.82. The Labute approximate surface area is 166 Å². The number of hydrogen-bond acceptors (Lipinski definition) is 4. The van der Waals surface area contributed by atoms with Crippen molar-refractivity contribution < 1.29 is 4.79 Å². The number of nitriles is 1. The van der Waals surface area contributed by atoms with Gasteiger partial charge in [0.1, 0.15) is 0 Å². The molecule has 6 heteroatoms. The molecule has 0 unspecified atom stereocenters. The molecule has 1 aliphatic heterocycles. The number of anilines is 1. The summed E-state index contributed by atoms with van der Waals surface area (Å²) < 4.78 is 0. The second-order valence-electron chi connectivity index (χ2n) is 7.58. The fourth-order valence-corrected chi connectivity index (χ4v) is 3.74. The maximum atomic E-state index is 12.6. The van der Waals surface area contributed by atoms with E-state index in [-0.39, 0.29) is 23.7 Å². The normalized spacial score (nSPS) is 15.2. The molecule has 0 radical (unpaired) electrons. The van der Waals surface area contributed by atoms with Crippen LogP contribution in [0.15, 0.2) is 30.5 Å². The molecule has 1 aliphatic rings. The summed E-state index contributed by atoms with van der Waals surface area (Å²) >= 11 is 0. The van der Waals surface area contributed by atoms with Crippen molar-refractivity contribution in [1.82, 2.24) is 9.88 Å². The first-order valence-corrected chi connectivity index (χ1v) is 8.86. The number of nitrogens with zero attached hydrogens (tertiary/aromatic N) is 3. The zero-order valence-corrected chi connectivity index (χ0v) is 17.0. The Bertz CT molecular complexity index is 902. The summed E-state index contributed by atoms with van der Waals surface area (Å²) in [5, 5.41) is 12.2. The molecule has 3 rings (SSSR count). The topological polar surface area (TPSA) is 69.0 Å². The lowest BCUT2D eigenvalue weighted by molar-refractivity contribution is 0.102. The second kappa shape index (κ2) is 8.08. The maximum Gasteiger partial charge on any atom is 0.255 e. The van der Waals surface area contributed by atoms with Crippen LogP contribution in [0.25, 0.3) is 0 Å². The zero-order valence-electron chi connectivity index (χ0n) is 16.2. The van der Waals surface area contributed by atoms with Gasteiger partial charge in [0, 0.05) is 24.1 Å². The molecule has 1 aromatic carbocycles. The van der Waals surface area contributed by atoms with E-state index in [1.54, 1.807) is 18.3 Å². The summed E-state index contributed by atoms with van der Waals surface area (Å²) in [4.78, 5) is 19.5. The minimum atomic E-state index is -0.227. The van der Waals surface area contributed by atoms with Crippen molar-refractivity contribution in [2.75, 3.05) is 18.9 Å². The van der Waals surface area contributed by atoms with E-state index < -0.39 is 0 Å². The predicted molar refractivity (Wildman–Crippen MR) is 109 cm³/mol. The summed E-state index contributed by atoms with van der Waals surface area (Å²) in [5.41, 5.74) is 4.87. The predicted octanol–water partition coefficient (Wildman–Crippen LogP) is 3.91. The number of carbonyl (C=O) groups excluding carboxylic acids is 1. The van der Waals surface area contributed by atoms with Crippen LogP contribution in [0.5, 0.6) is 0 Å². The lowest BCUT2D eigenvalue weighted by Crippen LogP contribution is -2.40. The van der Waals surface area contributed by atoms with Gasteiger partial charge in [0.05, 0.1) is 29.2 Å². The van der Waals surface area contributed by atoms with Crippen molar-refractivity contribution in [1.29, 1.82) is 5.26 Å². The van der Waals surface area contributed by atoms with Gasteiger partial charge in [-0.1, -0.05) is 26.8 Å². The second-order valence-corrected chi connectivity index (χ2v) is 7.58. The Kier molecular flexibility index (Phi) is 6.25. The van der Waals surface area contributed by atoms with E-state index in [4.69, 9.17) is 0 Å². The molecule has 0 aliphatic carbocycles. The van der Waals surface area contributed by atoms with Gasteiger partial charge in [0.25, 0.3) is 5.91 Å². The highest BCUT2D eigenvalue weighted by Crippen LogP contribution is 2.32. The number of pyridine rings is 1. The van der Waals surface area contributed by atoms with Gasteiger partial charge >= 0.3 is 0 Å². The molecule has 2 aromatic rings. The van der Waals surface area contributed by atoms with Crippen LogP contribution in [0.1, 0.15) is 53.5 Å². The number of halogens is 1. The van der Waals surface area contributed by atoms with Gasteiger partial charge in [-0.3, -0.25) is 9.78 Å². The number of aromatic nitrogens is 1. The molecule has 0 atom stereocenters. The number of fused-ring (bicyclic) bond motifs is 1. The first-order valence-electron chi connectivity index (χ1n) is 8.86. The highest BCUT2D eigenvalue weighted by molar-refractivity contribution is 6.04. The van der Waals surface area contributed by atoms with Gasteiger partial charge in [-0.05, 0) is 42.8 Å². The maximum absolute atomic E-state index is 12.6. The number of hydrogen-bond donors (Lipinski definition) is 1. The fourth-order valence-electron chi connectivity index (χ4n) is 3.74. The largest absolute Gasteiger partial charge is 0.321 e. The number of aryl methyl sites for hydroxylation is 1. The van der Waals surface area contributed by atoms with E-state index in [1.807, 2.05) is 19.1 Å². The van der Waals surface area contributed by atoms with Gasteiger partial charge < -0.3 is 10.2 Å². The van der Waals surface area contributed by atoms with E-state index in [1.165, 1.54) is 0 Å². The van der Waals surface area contributed by atoms with Crippen LogP contribution in [0, 0.1) is 11.3 Å². The van der Waals surface area contributed by atoms with Crippen LogP contribution in [0.3, 0.4) is 0 Å². The van der Waals surface area contributed by atoms with E-state index in [9.17, 15) is 10.1 Å². The number of likely N-dealkylation sites (N-methyl/N-ethyl adjacent to an activating group) is 1. The molecule has 0 spiro atoms. The van der Waals surface area contributed by atoms with E-state index in [2.05, 4.69) is 42.2 Å². The van der Waals surface area contributed by atoms with Gasteiger partial charge in [0.2, 0.25) is 0 Å². The third kappa shape index (κ3) is 4.29. The summed E-state index contributed by atoms with van der Waals surface area (Å²) in [6.45, 7) is 8.14. The Morgan fingerprint density at radius 3 is 2.78 bits per heavy atom. The Morgan fingerprint density at radius 1 is 1.37 bits per heavy atom. The van der Waals surface area contributed by atoms with Crippen LogP contribution in [-0.4, -0.2) is 29.4 Å². The van der Waals surface area contributed by atoms with E-state index in [0.29, 0.717) is 16.8 Å². The Balaban J connectivity index is 0.00000261. The molecule has 1 aromatic heterocycles. The van der Waals surface area contributed by atoms with Crippen molar-refractivity contribution in [3.8, 4) is 6.07 Å². The number of amides is 1. The number of carbonyl (C=O) groups is 1. The van der Waals surface area contributed by atoms with Gasteiger partial charge in [0.15, 0.2) is 0 Å². The molecule has 0 bridgehead atoms. The zero-order chi connectivity index (χ0) is 18.9. The van der Waals surface area contributed by atoms with Crippen molar-refractivity contribution in [3.63, 3.8) is 0 Å². The van der Waals surface area contributed by atoms with Gasteiger partial charge in [-0.2, -0.15) is 5.26 Å². The standard InChI is InChI=1S/C21H24N4O.ClH/c1-5-14-6-7-15(8-16(14)10-22)20(26)24-18-9-17-12-25(4)13-21(2,3)19(17)23-11-18;/h6-9,11H,5,12-13H2,1-4H3,(H,24,26);1H. The van der Waals surface area contributed by atoms with Crippen LogP contribution in [0.2, 0.25) is 0 Å². The molecule has 1 amide bonds. The SMILES string of the molecule is CCc1ccc(C(=O)Nc2cnc3c(c2)CN(C)CC3(C)C)cc1C#N.Cl. The molecule has 5 nitrogen and oxygen atoms in total. The van der Waals surface area contributed by atoms with Gasteiger partial charge in [-0.25, -0.2) is 0 Å². The minimum Gasteiger partial charge on any atom is -0.321 e. The van der Waals surface area contributed by atoms with Crippen LogP contribution < -0.4 is 5.32 Å². The number of benzene rings is 1. The summed E-state index contributed by atoms with van der Waals surface area (Å²) in [5.74, 6) is -0.227. The van der Waals surface area contributed by atoms with Crippen LogP contribution >= 0.6 is 12.4 Å². The fraction of sp³-hybridized carbons (Fsp3) is 0.381. The average molecular weight is 385 g/mol. The smallest absolute Gasteiger partial charge is 0.255 e. The molecule has 0 fully saturated rings. The molecule has 142 valence electrons. The van der Waals surface area contributed by atoms with E-state index >= 15 is 0 Å². The number of rotatable bonds is 3. The minimum absolute atomic E-state index is 0. The summed E-state index contributed by atoms with van der Waals surface area (Å²) in [6.07, 6.45) is 2.48. The average Bonchev–Trinajstić information content (AvgIpc) is 2.59. The third-order valence-corrected chi connectivity index (χ3v) is 4.84. The molecule has 0 saturated carbocycles. The monoisotopic (exact) mass is 384 g/mol. The quantitative estimate of drug-likeness (QED) is 0.870. The van der Waals surface area contributed by atoms with Crippen molar-refractivity contribution in [3.05, 3.63) is 58.4 Å². The Hall–Kier alpha value is -2.42. The highest BCUT2D eigenvalue weighted by Gasteiger charge is 2.31. The van der Waals surface area contributed by atoms with Crippen LogP contribution in [-0.2, 0) is 18.4 Å². The molecule has 2 heterocycles. The van der Waals surface area contributed by atoms with Gasteiger partial charge in [-0.15, -0.1) is 12.4 Å². The molecule has 0 saturated heterocycles. The number of nitrogens with one attached hydrogen (secondary N) is 1. The molecule has 27 heavy (non-hydrogen) atoms.